The lowest BCUT2D eigenvalue weighted by Gasteiger charge is -2.03. The number of esters is 1. The van der Waals surface area contributed by atoms with Gasteiger partial charge in [0.2, 0.25) is 0 Å². The molecule has 0 amide bonds. The average Bonchev–Trinajstić information content (AvgIpc) is 2.76. The van der Waals surface area contributed by atoms with Crippen LogP contribution in [0, 0.1) is 0 Å². The van der Waals surface area contributed by atoms with Gasteiger partial charge in [0.1, 0.15) is 5.75 Å². The molecule has 0 unspecified atom stereocenters. The molecule has 1 aromatic heterocycles. The number of halogens is 2. The molecular weight excluding hydrogens is 332 g/mol. The van der Waals surface area contributed by atoms with Crippen molar-refractivity contribution < 1.29 is 9.53 Å². The molecule has 0 aliphatic carbocycles. The largest absolute Gasteiger partial charge is 0.422 e. The molecule has 0 fully saturated rings. The van der Waals surface area contributed by atoms with Crippen molar-refractivity contribution in [2.45, 2.75) is 0 Å². The summed E-state index contributed by atoms with van der Waals surface area (Å²) < 4.78 is 7.59. The normalized spacial score (nSPS) is 10.9. The van der Waals surface area contributed by atoms with E-state index in [9.17, 15) is 4.79 Å². The minimum Gasteiger partial charge on any atom is -0.422 e. The number of carbonyl (C=O) groups is 1. The average molecular weight is 342 g/mol. The van der Waals surface area contributed by atoms with Crippen molar-refractivity contribution >= 4 is 39.6 Å². The van der Waals surface area contributed by atoms with Gasteiger partial charge in [0.15, 0.2) is 0 Å². The van der Waals surface area contributed by atoms with Gasteiger partial charge in [0.05, 0.1) is 11.2 Å². The number of carbonyl (C=O) groups excluding carboxylic acids is 1. The topological polar surface area (TPSA) is 44.1 Å². The fourth-order valence-corrected chi connectivity index (χ4v) is 2.10. The Hall–Kier alpha value is -1.59. The minimum atomic E-state index is -0.493. The van der Waals surface area contributed by atoms with Crippen LogP contribution in [0.3, 0.4) is 0 Å². The Kier molecular flexibility index (Phi) is 4.39. The SMILES string of the molecule is Cn1cc(/C=C\C(=O)Oc2ccc(Br)cc2Cl)cn1. The predicted molar refractivity (Wildman–Crippen MR) is 77.0 cm³/mol. The third-order valence-electron chi connectivity index (χ3n) is 2.24. The molecule has 1 aromatic carbocycles. The second-order valence-corrected chi connectivity index (χ2v) is 5.10. The highest BCUT2D eigenvalue weighted by atomic mass is 79.9. The zero-order chi connectivity index (χ0) is 13.8. The fourth-order valence-electron chi connectivity index (χ4n) is 1.39. The minimum absolute atomic E-state index is 0.325. The number of aryl methyl sites for hydroxylation is 1. The number of aromatic nitrogens is 2. The first-order valence-corrected chi connectivity index (χ1v) is 6.55. The first-order chi connectivity index (χ1) is 9.04. The molecule has 0 atom stereocenters. The highest BCUT2D eigenvalue weighted by Gasteiger charge is 2.06. The zero-order valence-electron chi connectivity index (χ0n) is 10.0. The van der Waals surface area contributed by atoms with Crippen LogP contribution in [0.15, 0.2) is 41.1 Å². The van der Waals surface area contributed by atoms with Crippen molar-refractivity contribution in [2.75, 3.05) is 0 Å². The quantitative estimate of drug-likeness (QED) is 0.488. The molecule has 0 aliphatic rings. The van der Waals surface area contributed by atoms with Gasteiger partial charge in [-0.2, -0.15) is 5.10 Å². The molecule has 1 heterocycles. The summed E-state index contributed by atoms with van der Waals surface area (Å²) in [4.78, 5) is 11.6. The van der Waals surface area contributed by atoms with Gasteiger partial charge in [0.25, 0.3) is 0 Å². The molecule has 0 saturated heterocycles. The van der Waals surface area contributed by atoms with Gasteiger partial charge < -0.3 is 4.74 Å². The Bertz CT molecular complexity index is 637. The molecule has 0 saturated carbocycles. The van der Waals surface area contributed by atoms with E-state index in [4.69, 9.17) is 16.3 Å². The molecule has 0 aliphatic heterocycles. The van der Waals surface area contributed by atoms with E-state index in [1.54, 1.807) is 48.4 Å². The predicted octanol–water partition coefficient (Wildman–Crippen LogP) is 3.45. The Morgan fingerprint density at radius 2 is 2.32 bits per heavy atom. The molecule has 19 heavy (non-hydrogen) atoms. The van der Waals surface area contributed by atoms with E-state index < -0.39 is 5.97 Å². The van der Waals surface area contributed by atoms with Crippen molar-refractivity contribution in [1.29, 1.82) is 0 Å². The van der Waals surface area contributed by atoms with Gasteiger partial charge >= 0.3 is 5.97 Å². The van der Waals surface area contributed by atoms with Crippen LogP contribution in [-0.4, -0.2) is 15.7 Å². The third-order valence-corrected chi connectivity index (χ3v) is 3.03. The lowest BCUT2D eigenvalue weighted by atomic mass is 10.3. The van der Waals surface area contributed by atoms with Crippen molar-refractivity contribution in [1.82, 2.24) is 9.78 Å². The second kappa shape index (κ2) is 6.04. The maximum Gasteiger partial charge on any atom is 0.336 e. The number of rotatable bonds is 3. The van der Waals surface area contributed by atoms with E-state index in [2.05, 4.69) is 21.0 Å². The van der Waals surface area contributed by atoms with Crippen LogP contribution in [0.2, 0.25) is 5.02 Å². The second-order valence-electron chi connectivity index (χ2n) is 3.78. The Morgan fingerprint density at radius 1 is 1.53 bits per heavy atom. The van der Waals surface area contributed by atoms with Crippen LogP contribution in [0.4, 0.5) is 0 Å². The lowest BCUT2D eigenvalue weighted by molar-refractivity contribution is -0.128. The summed E-state index contributed by atoms with van der Waals surface area (Å²) in [6.07, 6.45) is 6.39. The van der Waals surface area contributed by atoms with Gasteiger partial charge in [-0.15, -0.1) is 0 Å². The van der Waals surface area contributed by atoms with Crippen molar-refractivity contribution in [3.63, 3.8) is 0 Å². The van der Waals surface area contributed by atoms with Gasteiger partial charge in [-0.3, -0.25) is 4.68 Å². The summed E-state index contributed by atoms with van der Waals surface area (Å²) in [5.74, 6) is -0.168. The summed E-state index contributed by atoms with van der Waals surface area (Å²) in [6.45, 7) is 0. The van der Waals surface area contributed by atoms with E-state index in [1.807, 2.05) is 0 Å². The zero-order valence-corrected chi connectivity index (χ0v) is 12.4. The highest BCUT2D eigenvalue weighted by Crippen LogP contribution is 2.27. The molecule has 6 heteroatoms. The first-order valence-electron chi connectivity index (χ1n) is 5.38. The number of benzene rings is 1. The first kappa shape index (κ1) is 13.8. The molecule has 4 nitrogen and oxygen atoms in total. The van der Waals surface area contributed by atoms with Crippen LogP contribution in [0.5, 0.6) is 5.75 Å². The summed E-state index contributed by atoms with van der Waals surface area (Å²) in [5, 5.41) is 4.36. The Balaban J connectivity index is 2.03. The van der Waals surface area contributed by atoms with Crippen LogP contribution in [0.1, 0.15) is 5.56 Å². The van der Waals surface area contributed by atoms with E-state index in [0.29, 0.717) is 10.8 Å². The van der Waals surface area contributed by atoms with Gasteiger partial charge in [-0.1, -0.05) is 27.5 Å². The van der Waals surface area contributed by atoms with E-state index in [-0.39, 0.29) is 0 Å². The van der Waals surface area contributed by atoms with Crippen LogP contribution >= 0.6 is 27.5 Å². The summed E-state index contributed by atoms with van der Waals surface area (Å²) in [6, 6.07) is 5.04. The lowest BCUT2D eigenvalue weighted by Crippen LogP contribution is -2.03. The molecule has 0 radical (unpaired) electrons. The van der Waals surface area contributed by atoms with Gasteiger partial charge in [-0.25, -0.2) is 4.79 Å². The molecule has 0 bridgehead atoms. The Labute approximate surface area is 123 Å². The van der Waals surface area contributed by atoms with Crippen LogP contribution in [0.25, 0.3) is 6.08 Å². The van der Waals surface area contributed by atoms with Gasteiger partial charge in [0, 0.05) is 29.4 Å². The maximum atomic E-state index is 11.6. The van der Waals surface area contributed by atoms with Crippen molar-refractivity contribution in [2.24, 2.45) is 7.05 Å². The standard InChI is InChI=1S/C13H10BrClN2O2/c1-17-8-9(7-16-17)2-5-13(18)19-12-4-3-10(14)6-11(12)15/h2-8H,1H3/b5-2-. The molecule has 0 spiro atoms. The van der Waals surface area contributed by atoms with Crippen molar-refractivity contribution in [3.8, 4) is 5.75 Å². The highest BCUT2D eigenvalue weighted by molar-refractivity contribution is 9.10. The smallest absolute Gasteiger partial charge is 0.336 e. The number of hydrogen-bond donors (Lipinski definition) is 0. The molecule has 98 valence electrons. The summed E-state index contributed by atoms with van der Waals surface area (Å²) in [7, 11) is 1.80. The van der Waals surface area contributed by atoms with E-state index in [1.165, 1.54) is 6.08 Å². The number of hydrogen-bond acceptors (Lipinski definition) is 3. The molecule has 2 rings (SSSR count). The molecule has 0 N–H and O–H groups in total. The third kappa shape index (κ3) is 3.94. The fraction of sp³-hybridized carbons (Fsp3) is 0.0769. The Morgan fingerprint density at radius 3 is 2.95 bits per heavy atom. The number of nitrogens with zero attached hydrogens (tertiary/aromatic N) is 2. The van der Waals surface area contributed by atoms with Crippen LogP contribution < -0.4 is 4.74 Å². The summed E-state index contributed by atoms with van der Waals surface area (Å²) >= 11 is 9.23. The summed E-state index contributed by atoms with van der Waals surface area (Å²) in [5.41, 5.74) is 0.821. The molecular formula is C13H10BrClN2O2. The van der Waals surface area contributed by atoms with Crippen molar-refractivity contribution in [3.05, 3.63) is 51.7 Å². The number of ether oxygens (including phenoxy) is 1. The van der Waals surface area contributed by atoms with Crippen LogP contribution in [-0.2, 0) is 11.8 Å². The van der Waals surface area contributed by atoms with E-state index in [0.717, 1.165) is 10.0 Å². The monoisotopic (exact) mass is 340 g/mol. The molecule has 2 aromatic rings. The van der Waals surface area contributed by atoms with E-state index >= 15 is 0 Å². The maximum absolute atomic E-state index is 11.6. The van der Waals surface area contributed by atoms with Gasteiger partial charge in [-0.05, 0) is 24.3 Å².